The topological polar surface area (TPSA) is 20.3 Å². The van der Waals surface area contributed by atoms with E-state index in [1.807, 2.05) is 13.8 Å². The standard InChI is InChI=1S/C18H19ClFNO/c1-3-16(4-2)21(17-11-9-15(20)10-12-17)18(22)13-5-7-14(19)8-6-13/h5-12,16H,3-4H2,1-2H3. The van der Waals surface area contributed by atoms with Crippen LogP contribution in [0.2, 0.25) is 5.02 Å². The molecule has 0 aliphatic heterocycles. The molecule has 0 aliphatic carbocycles. The highest BCUT2D eigenvalue weighted by atomic mass is 35.5. The maximum atomic E-state index is 13.2. The van der Waals surface area contributed by atoms with Crippen LogP contribution in [0.1, 0.15) is 37.0 Å². The Hall–Kier alpha value is -1.87. The van der Waals surface area contributed by atoms with Crippen molar-refractivity contribution in [2.45, 2.75) is 32.7 Å². The van der Waals surface area contributed by atoms with Crippen molar-refractivity contribution in [1.29, 1.82) is 0 Å². The molecular formula is C18H19ClFNO. The fraction of sp³-hybridized carbons (Fsp3) is 0.278. The lowest BCUT2D eigenvalue weighted by molar-refractivity contribution is 0.0975. The lowest BCUT2D eigenvalue weighted by Crippen LogP contribution is -2.40. The number of halogens is 2. The molecule has 2 rings (SSSR count). The molecule has 116 valence electrons. The third-order valence-electron chi connectivity index (χ3n) is 3.72. The summed E-state index contributed by atoms with van der Waals surface area (Å²) in [5.41, 5.74) is 1.27. The molecule has 22 heavy (non-hydrogen) atoms. The van der Waals surface area contributed by atoms with Gasteiger partial charge in [0, 0.05) is 22.3 Å². The van der Waals surface area contributed by atoms with Crippen molar-refractivity contribution in [2.75, 3.05) is 4.90 Å². The molecule has 0 unspecified atom stereocenters. The number of hydrogen-bond acceptors (Lipinski definition) is 1. The third-order valence-corrected chi connectivity index (χ3v) is 3.97. The van der Waals surface area contributed by atoms with Gasteiger partial charge in [-0.3, -0.25) is 4.79 Å². The van der Waals surface area contributed by atoms with Gasteiger partial charge in [-0.2, -0.15) is 0 Å². The highest BCUT2D eigenvalue weighted by molar-refractivity contribution is 6.30. The summed E-state index contributed by atoms with van der Waals surface area (Å²) in [7, 11) is 0. The molecule has 0 atom stereocenters. The van der Waals surface area contributed by atoms with Crippen LogP contribution in [0.25, 0.3) is 0 Å². The number of carbonyl (C=O) groups excluding carboxylic acids is 1. The summed E-state index contributed by atoms with van der Waals surface area (Å²) >= 11 is 5.88. The highest BCUT2D eigenvalue weighted by Gasteiger charge is 2.24. The second-order valence-electron chi connectivity index (χ2n) is 5.13. The Morgan fingerprint density at radius 3 is 2.09 bits per heavy atom. The molecule has 2 aromatic rings. The average molecular weight is 320 g/mol. The van der Waals surface area contributed by atoms with Gasteiger partial charge < -0.3 is 4.90 Å². The van der Waals surface area contributed by atoms with E-state index in [0.717, 1.165) is 12.8 Å². The Labute approximate surface area is 135 Å². The van der Waals surface area contributed by atoms with E-state index in [1.165, 1.54) is 12.1 Å². The van der Waals surface area contributed by atoms with Crippen molar-refractivity contribution < 1.29 is 9.18 Å². The van der Waals surface area contributed by atoms with Gasteiger partial charge in [0.1, 0.15) is 5.82 Å². The monoisotopic (exact) mass is 319 g/mol. The van der Waals surface area contributed by atoms with E-state index in [9.17, 15) is 9.18 Å². The summed E-state index contributed by atoms with van der Waals surface area (Å²) < 4.78 is 13.2. The molecule has 0 spiro atoms. The molecule has 0 saturated heterocycles. The molecule has 0 aromatic heterocycles. The fourth-order valence-corrected chi connectivity index (χ4v) is 2.61. The Morgan fingerprint density at radius 2 is 1.59 bits per heavy atom. The Morgan fingerprint density at radius 1 is 1.05 bits per heavy atom. The second kappa shape index (κ2) is 7.41. The SMILES string of the molecule is CCC(CC)N(C(=O)c1ccc(Cl)cc1)c1ccc(F)cc1. The minimum atomic E-state index is -0.313. The number of benzene rings is 2. The van der Waals surface area contributed by atoms with E-state index in [2.05, 4.69) is 0 Å². The molecule has 2 aromatic carbocycles. The van der Waals surface area contributed by atoms with Crippen LogP contribution >= 0.6 is 11.6 Å². The van der Waals surface area contributed by atoms with E-state index in [4.69, 9.17) is 11.6 Å². The zero-order valence-electron chi connectivity index (χ0n) is 12.7. The summed E-state index contributed by atoms with van der Waals surface area (Å²) in [6.45, 7) is 4.08. The second-order valence-corrected chi connectivity index (χ2v) is 5.57. The first-order valence-electron chi connectivity index (χ1n) is 7.41. The van der Waals surface area contributed by atoms with Crippen molar-refractivity contribution in [3.63, 3.8) is 0 Å². The van der Waals surface area contributed by atoms with E-state index in [1.54, 1.807) is 41.3 Å². The highest BCUT2D eigenvalue weighted by Crippen LogP contribution is 2.24. The molecule has 2 nitrogen and oxygen atoms in total. The maximum Gasteiger partial charge on any atom is 0.258 e. The normalized spacial score (nSPS) is 10.8. The molecule has 0 heterocycles. The summed E-state index contributed by atoms with van der Waals surface area (Å²) in [4.78, 5) is 14.6. The van der Waals surface area contributed by atoms with Gasteiger partial charge in [-0.25, -0.2) is 4.39 Å². The fourth-order valence-electron chi connectivity index (χ4n) is 2.48. The van der Waals surface area contributed by atoms with E-state index in [-0.39, 0.29) is 17.8 Å². The molecule has 0 radical (unpaired) electrons. The van der Waals surface area contributed by atoms with Crippen LogP contribution in [0, 0.1) is 5.82 Å². The predicted octanol–water partition coefficient (Wildman–Crippen LogP) is 5.31. The Balaban J connectivity index is 2.41. The van der Waals surface area contributed by atoms with Crippen LogP contribution in [-0.4, -0.2) is 11.9 Å². The first kappa shape index (κ1) is 16.5. The largest absolute Gasteiger partial charge is 0.305 e. The lowest BCUT2D eigenvalue weighted by Gasteiger charge is -2.31. The van der Waals surface area contributed by atoms with E-state index in [0.29, 0.717) is 16.3 Å². The molecule has 0 N–H and O–H groups in total. The van der Waals surface area contributed by atoms with Crippen molar-refractivity contribution in [1.82, 2.24) is 0 Å². The van der Waals surface area contributed by atoms with Gasteiger partial charge in [0.15, 0.2) is 0 Å². The molecule has 0 bridgehead atoms. The first-order valence-corrected chi connectivity index (χ1v) is 7.79. The van der Waals surface area contributed by atoms with Crippen LogP contribution < -0.4 is 4.90 Å². The van der Waals surface area contributed by atoms with Crippen molar-refractivity contribution >= 4 is 23.2 Å². The van der Waals surface area contributed by atoms with Crippen LogP contribution in [0.5, 0.6) is 0 Å². The minimum absolute atomic E-state index is 0.0636. The molecule has 1 amide bonds. The quantitative estimate of drug-likeness (QED) is 0.731. The van der Waals surface area contributed by atoms with Gasteiger partial charge in [-0.1, -0.05) is 25.4 Å². The van der Waals surface area contributed by atoms with Crippen LogP contribution in [0.4, 0.5) is 10.1 Å². The molecule has 0 saturated carbocycles. The molecular weight excluding hydrogens is 301 g/mol. The number of carbonyl (C=O) groups is 1. The zero-order valence-corrected chi connectivity index (χ0v) is 13.5. The summed E-state index contributed by atoms with van der Waals surface area (Å²) in [6.07, 6.45) is 1.65. The number of nitrogens with zero attached hydrogens (tertiary/aromatic N) is 1. The van der Waals surface area contributed by atoms with E-state index >= 15 is 0 Å². The Bertz CT molecular complexity index is 621. The summed E-state index contributed by atoms with van der Waals surface area (Å²) in [5.74, 6) is -0.413. The van der Waals surface area contributed by atoms with Gasteiger partial charge >= 0.3 is 0 Å². The van der Waals surface area contributed by atoms with Crippen molar-refractivity contribution in [2.24, 2.45) is 0 Å². The third kappa shape index (κ3) is 3.66. The zero-order chi connectivity index (χ0) is 16.1. The maximum absolute atomic E-state index is 13.2. The summed E-state index contributed by atoms with van der Waals surface area (Å²) in [5, 5.41) is 0.590. The molecule has 4 heteroatoms. The predicted molar refractivity (Wildman–Crippen MR) is 89.0 cm³/mol. The first-order chi connectivity index (χ1) is 10.6. The summed E-state index contributed by atoms with van der Waals surface area (Å²) in [6, 6.07) is 12.9. The number of anilines is 1. The minimum Gasteiger partial charge on any atom is -0.305 e. The Kier molecular flexibility index (Phi) is 5.56. The van der Waals surface area contributed by atoms with Gasteiger partial charge in [0.2, 0.25) is 0 Å². The van der Waals surface area contributed by atoms with Gasteiger partial charge in [-0.15, -0.1) is 0 Å². The van der Waals surface area contributed by atoms with Crippen molar-refractivity contribution in [3.8, 4) is 0 Å². The van der Waals surface area contributed by atoms with Crippen LogP contribution in [-0.2, 0) is 0 Å². The van der Waals surface area contributed by atoms with Gasteiger partial charge in [0.25, 0.3) is 5.91 Å². The molecule has 0 aliphatic rings. The number of rotatable bonds is 5. The number of amides is 1. The van der Waals surface area contributed by atoms with Gasteiger partial charge in [0.05, 0.1) is 0 Å². The van der Waals surface area contributed by atoms with Crippen LogP contribution in [0.3, 0.4) is 0 Å². The van der Waals surface area contributed by atoms with Crippen LogP contribution in [0.15, 0.2) is 48.5 Å². The smallest absolute Gasteiger partial charge is 0.258 e. The van der Waals surface area contributed by atoms with E-state index < -0.39 is 0 Å². The van der Waals surface area contributed by atoms with Gasteiger partial charge in [-0.05, 0) is 61.4 Å². The lowest BCUT2D eigenvalue weighted by atomic mass is 10.1. The van der Waals surface area contributed by atoms with Crippen molar-refractivity contribution in [3.05, 3.63) is 64.9 Å². The number of hydrogen-bond donors (Lipinski definition) is 0. The average Bonchev–Trinajstić information content (AvgIpc) is 2.54. The molecule has 0 fully saturated rings.